The van der Waals surface area contributed by atoms with Gasteiger partial charge in [-0.25, -0.2) is 0 Å². The van der Waals surface area contributed by atoms with Gasteiger partial charge in [0.1, 0.15) is 11.5 Å². The van der Waals surface area contributed by atoms with Crippen LogP contribution in [0.5, 0.6) is 11.5 Å². The first kappa shape index (κ1) is 15.4. The SMILES string of the molecule is COc1ccc(OCCSc2cccc(C(C)=O)c2)cc1. The highest BCUT2D eigenvalue weighted by Crippen LogP contribution is 2.21. The van der Waals surface area contributed by atoms with Crippen LogP contribution in [0, 0.1) is 0 Å². The quantitative estimate of drug-likeness (QED) is 0.439. The molecule has 0 saturated carbocycles. The lowest BCUT2D eigenvalue weighted by atomic mass is 10.2. The largest absolute Gasteiger partial charge is 0.497 e. The summed E-state index contributed by atoms with van der Waals surface area (Å²) in [6.45, 7) is 2.19. The maximum Gasteiger partial charge on any atom is 0.159 e. The van der Waals surface area contributed by atoms with Gasteiger partial charge in [-0.2, -0.15) is 0 Å². The van der Waals surface area contributed by atoms with Crippen LogP contribution in [0.2, 0.25) is 0 Å². The standard InChI is InChI=1S/C17H18O3S/c1-13(18)14-4-3-5-17(12-14)21-11-10-20-16-8-6-15(19-2)7-9-16/h3-9,12H,10-11H2,1-2H3. The van der Waals surface area contributed by atoms with Gasteiger partial charge in [0, 0.05) is 16.2 Å². The number of benzene rings is 2. The fraction of sp³-hybridized carbons (Fsp3) is 0.235. The zero-order chi connectivity index (χ0) is 15.1. The summed E-state index contributed by atoms with van der Waals surface area (Å²) < 4.78 is 10.8. The molecular weight excluding hydrogens is 284 g/mol. The van der Waals surface area contributed by atoms with Gasteiger partial charge in [0.2, 0.25) is 0 Å². The first-order chi connectivity index (χ1) is 10.2. The highest BCUT2D eigenvalue weighted by atomic mass is 32.2. The minimum absolute atomic E-state index is 0.0898. The molecule has 0 spiro atoms. The first-order valence-corrected chi connectivity index (χ1v) is 7.68. The van der Waals surface area contributed by atoms with Crippen LogP contribution < -0.4 is 9.47 Å². The zero-order valence-corrected chi connectivity index (χ0v) is 13.0. The second-order valence-electron chi connectivity index (χ2n) is 4.46. The van der Waals surface area contributed by atoms with Crippen molar-refractivity contribution in [3.8, 4) is 11.5 Å². The van der Waals surface area contributed by atoms with Crippen molar-refractivity contribution in [1.29, 1.82) is 0 Å². The van der Waals surface area contributed by atoms with Crippen molar-refractivity contribution in [2.45, 2.75) is 11.8 Å². The van der Waals surface area contributed by atoms with Crippen LogP contribution in [0.4, 0.5) is 0 Å². The molecule has 0 atom stereocenters. The summed E-state index contributed by atoms with van der Waals surface area (Å²) in [5.74, 6) is 2.56. The zero-order valence-electron chi connectivity index (χ0n) is 12.2. The summed E-state index contributed by atoms with van der Waals surface area (Å²) in [5, 5.41) is 0. The van der Waals surface area contributed by atoms with E-state index in [4.69, 9.17) is 9.47 Å². The predicted molar refractivity (Wildman–Crippen MR) is 85.7 cm³/mol. The molecule has 0 saturated heterocycles. The van der Waals surface area contributed by atoms with E-state index in [0.717, 1.165) is 27.7 Å². The molecule has 0 aliphatic heterocycles. The number of carbonyl (C=O) groups is 1. The molecule has 0 radical (unpaired) electrons. The lowest BCUT2D eigenvalue weighted by molar-refractivity contribution is 0.101. The van der Waals surface area contributed by atoms with Gasteiger partial charge < -0.3 is 9.47 Å². The van der Waals surface area contributed by atoms with E-state index in [1.54, 1.807) is 25.8 Å². The van der Waals surface area contributed by atoms with Crippen molar-refractivity contribution in [1.82, 2.24) is 0 Å². The molecule has 2 aromatic carbocycles. The predicted octanol–water partition coefficient (Wildman–Crippen LogP) is 4.07. The van der Waals surface area contributed by atoms with Crippen LogP contribution in [-0.2, 0) is 0 Å². The van der Waals surface area contributed by atoms with Crippen LogP contribution in [0.3, 0.4) is 0 Å². The Balaban J connectivity index is 1.78. The molecule has 110 valence electrons. The van der Waals surface area contributed by atoms with Crippen LogP contribution in [-0.4, -0.2) is 25.3 Å². The second-order valence-corrected chi connectivity index (χ2v) is 5.62. The Morgan fingerprint density at radius 1 is 1.10 bits per heavy atom. The Morgan fingerprint density at radius 3 is 2.48 bits per heavy atom. The van der Waals surface area contributed by atoms with Crippen molar-refractivity contribution < 1.29 is 14.3 Å². The number of carbonyl (C=O) groups excluding carboxylic acids is 1. The van der Waals surface area contributed by atoms with Gasteiger partial charge in [0.05, 0.1) is 13.7 Å². The van der Waals surface area contributed by atoms with Crippen molar-refractivity contribution in [3.63, 3.8) is 0 Å². The van der Waals surface area contributed by atoms with Gasteiger partial charge in [-0.15, -0.1) is 11.8 Å². The molecule has 21 heavy (non-hydrogen) atoms. The summed E-state index contributed by atoms with van der Waals surface area (Å²) in [6.07, 6.45) is 0. The molecule has 0 fully saturated rings. The minimum Gasteiger partial charge on any atom is -0.497 e. The Hall–Kier alpha value is -1.94. The van der Waals surface area contributed by atoms with Crippen molar-refractivity contribution in [2.75, 3.05) is 19.5 Å². The van der Waals surface area contributed by atoms with Crippen LogP contribution in [0.15, 0.2) is 53.4 Å². The second kappa shape index (κ2) is 7.74. The van der Waals surface area contributed by atoms with Crippen LogP contribution in [0.25, 0.3) is 0 Å². The fourth-order valence-electron chi connectivity index (χ4n) is 1.80. The molecule has 3 nitrogen and oxygen atoms in total. The lowest BCUT2D eigenvalue weighted by Crippen LogP contribution is -2.00. The number of rotatable bonds is 7. The first-order valence-electron chi connectivity index (χ1n) is 6.69. The molecular formula is C17H18O3S. The number of ether oxygens (including phenoxy) is 2. The molecule has 0 unspecified atom stereocenters. The summed E-state index contributed by atoms with van der Waals surface area (Å²) in [7, 11) is 1.64. The third kappa shape index (κ3) is 4.83. The average Bonchev–Trinajstić information content (AvgIpc) is 2.52. The van der Waals surface area contributed by atoms with Gasteiger partial charge in [-0.1, -0.05) is 12.1 Å². The van der Waals surface area contributed by atoms with E-state index in [2.05, 4.69) is 0 Å². The Labute approximate surface area is 129 Å². The average molecular weight is 302 g/mol. The van der Waals surface area contributed by atoms with Crippen LogP contribution >= 0.6 is 11.8 Å². The highest BCUT2D eigenvalue weighted by Gasteiger charge is 2.01. The lowest BCUT2D eigenvalue weighted by Gasteiger charge is -2.07. The molecule has 0 aliphatic carbocycles. The van der Waals surface area contributed by atoms with E-state index < -0.39 is 0 Å². The van der Waals surface area contributed by atoms with Crippen molar-refractivity contribution in [3.05, 3.63) is 54.1 Å². The third-order valence-corrected chi connectivity index (χ3v) is 3.88. The normalized spacial score (nSPS) is 10.2. The van der Waals surface area contributed by atoms with E-state index in [1.807, 2.05) is 48.5 Å². The number of hydrogen-bond donors (Lipinski definition) is 0. The molecule has 0 N–H and O–H groups in total. The minimum atomic E-state index is 0.0898. The summed E-state index contributed by atoms with van der Waals surface area (Å²) >= 11 is 1.68. The van der Waals surface area contributed by atoms with E-state index in [9.17, 15) is 4.79 Å². The van der Waals surface area contributed by atoms with E-state index in [-0.39, 0.29) is 5.78 Å². The number of ketones is 1. The van der Waals surface area contributed by atoms with Crippen molar-refractivity contribution in [2.24, 2.45) is 0 Å². The Morgan fingerprint density at radius 2 is 1.81 bits per heavy atom. The van der Waals surface area contributed by atoms with Gasteiger partial charge in [0.25, 0.3) is 0 Å². The molecule has 0 aromatic heterocycles. The van der Waals surface area contributed by atoms with Crippen LogP contribution in [0.1, 0.15) is 17.3 Å². The molecule has 0 heterocycles. The molecule has 4 heteroatoms. The third-order valence-electron chi connectivity index (χ3n) is 2.92. The van der Waals surface area contributed by atoms with Gasteiger partial charge >= 0.3 is 0 Å². The van der Waals surface area contributed by atoms with Gasteiger partial charge in [-0.05, 0) is 43.3 Å². The molecule has 0 amide bonds. The summed E-state index contributed by atoms with van der Waals surface area (Å²) in [4.78, 5) is 12.4. The molecule has 0 aliphatic rings. The molecule has 2 aromatic rings. The maximum atomic E-state index is 11.3. The molecule has 0 bridgehead atoms. The topological polar surface area (TPSA) is 35.5 Å². The Bertz CT molecular complexity index is 593. The number of methoxy groups -OCH3 is 1. The number of hydrogen-bond acceptors (Lipinski definition) is 4. The number of Topliss-reactive ketones (excluding diaryl/α,β-unsaturated/α-hetero) is 1. The molecule has 2 rings (SSSR count). The number of thioether (sulfide) groups is 1. The maximum absolute atomic E-state index is 11.3. The van der Waals surface area contributed by atoms with Gasteiger partial charge in [0.15, 0.2) is 5.78 Å². The van der Waals surface area contributed by atoms with E-state index in [1.165, 1.54) is 0 Å². The fourth-order valence-corrected chi connectivity index (χ4v) is 2.58. The summed E-state index contributed by atoms with van der Waals surface area (Å²) in [6, 6.07) is 15.2. The summed E-state index contributed by atoms with van der Waals surface area (Å²) in [5.41, 5.74) is 0.746. The smallest absolute Gasteiger partial charge is 0.159 e. The van der Waals surface area contributed by atoms with E-state index >= 15 is 0 Å². The van der Waals surface area contributed by atoms with Crippen molar-refractivity contribution >= 4 is 17.5 Å². The highest BCUT2D eigenvalue weighted by molar-refractivity contribution is 7.99. The van der Waals surface area contributed by atoms with Gasteiger partial charge in [-0.3, -0.25) is 4.79 Å². The Kier molecular flexibility index (Phi) is 5.69. The monoisotopic (exact) mass is 302 g/mol. The van der Waals surface area contributed by atoms with E-state index in [0.29, 0.717) is 6.61 Å².